The number of aromatic nitrogens is 3. The molecule has 0 bridgehead atoms. The fourth-order valence-electron chi connectivity index (χ4n) is 0.990. The van der Waals surface area contributed by atoms with Crippen molar-refractivity contribution in [3.05, 3.63) is 24.8 Å². The van der Waals surface area contributed by atoms with Crippen LogP contribution in [0.4, 0.5) is 0 Å². The lowest BCUT2D eigenvalue weighted by Crippen LogP contribution is -2.21. The molecule has 6 nitrogen and oxygen atoms in total. The van der Waals surface area contributed by atoms with E-state index in [1.165, 1.54) is 12.4 Å². The van der Waals surface area contributed by atoms with Gasteiger partial charge in [0, 0.05) is 24.8 Å². The van der Waals surface area contributed by atoms with E-state index in [-0.39, 0.29) is 5.78 Å². The Hall–Kier alpha value is -1.34. The van der Waals surface area contributed by atoms with Crippen LogP contribution in [-0.2, 0) is 10.2 Å². The molecule has 7 heteroatoms. The van der Waals surface area contributed by atoms with Gasteiger partial charge < -0.3 is 0 Å². The van der Waals surface area contributed by atoms with Crippen LogP contribution in [0.15, 0.2) is 24.8 Å². The van der Waals surface area contributed by atoms with Gasteiger partial charge >= 0.3 is 10.2 Å². The highest BCUT2D eigenvalue weighted by Gasteiger charge is 2.10. The number of hydrogen-bond donors (Lipinski definition) is 1. The van der Waals surface area contributed by atoms with Crippen LogP contribution in [-0.4, -0.2) is 21.8 Å². The molecule has 0 aromatic carbocycles. The topological polar surface area (TPSA) is 82.4 Å². The monoisotopic (exact) mass is 186 g/mol. The quantitative estimate of drug-likeness (QED) is 0.632. The van der Waals surface area contributed by atoms with Crippen LogP contribution >= 0.6 is 0 Å². The largest absolute Gasteiger partial charge is 0.305 e. The zero-order chi connectivity index (χ0) is 8.77. The molecule has 0 saturated heterocycles. The molecule has 64 valence electrons. The smallest absolute Gasteiger partial charge is 0.290 e. The van der Waals surface area contributed by atoms with E-state index in [1.54, 1.807) is 16.8 Å². The van der Waals surface area contributed by atoms with Crippen molar-refractivity contribution in [1.29, 1.82) is 0 Å². The Kier molecular flexibility index (Phi) is 1.27. The second kappa shape index (κ2) is 2.08. The van der Waals surface area contributed by atoms with Crippen LogP contribution in [0.2, 0.25) is 0 Å². The molecule has 0 aliphatic carbocycles. The van der Waals surface area contributed by atoms with Crippen molar-refractivity contribution in [2.45, 2.75) is 0 Å². The molecule has 0 aliphatic rings. The summed E-state index contributed by atoms with van der Waals surface area (Å²) in [4.78, 5) is 3.81. The van der Waals surface area contributed by atoms with Gasteiger partial charge in [0.25, 0.3) is 0 Å². The summed E-state index contributed by atoms with van der Waals surface area (Å²) >= 11 is 0. The third kappa shape index (κ3) is 0.908. The summed E-state index contributed by atoms with van der Waals surface area (Å²) in [6.07, 6.45) is 6.04. The lowest BCUT2D eigenvalue weighted by molar-refractivity contribution is 0.590. The predicted molar refractivity (Wildman–Crippen MR) is 41.7 cm³/mol. The van der Waals surface area contributed by atoms with E-state index in [1.807, 2.05) is 0 Å². The molecule has 0 unspecified atom stereocenters. The lowest BCUT2D eigenvalue weighted by atomic mass is 10.9. The van der Waals surface area contributed by atoms with Crippen molar-refractivity contribution >= 4 is 16.0 Å². The molecule has 2 rings (SSSR count). The summed E-state index contributed by atoms with van der Waals surface area (Å²) < 4.78 is 24.3. The second-order valence-electron chi connectivity index (χ2n) is 2.27. The zero-order valence-corrected chi connectivity index (χ0v) is 6.77. The van der Waals surface area contributed by atoms with E-state index in [0.717, 1.165) is 3.97 Å². The van der Waals surface area contributed by atoms with E-state index >= 15 is 0 Å². The first-order chi connectivity index (χ1) is 5.59. The molecule has 2 aromatic heterocycles. The molecule has 2 aromatic rings. The summed E-state index contributed by atoms with van der Waals surface area (Å²) in [5.41, 5.74) is 0. The van der Waals surface area contributed by atoms with E-state index in [9.17, 15) is 8.42 Å². The molecule has 0 atom stereocenters. The van der Waals surface area contributed by atoms with Crippen molar-refractivity contribution in [3.63, 3.8) is 0 Å². The van der Waals surface area contributed by atoms with Crippen LogP contribution in [0, 0.1) is 0 Å². The molecular weight excluding hydrogens is 180 g/mol. The summed E-state index contributed by atoms with van der Waals surface area (Å²) in [5.74, 6) is 0.289. The van der Waals surface area contributed by atoms with Crippen molar-refractivity contribution in [2.75, 3.05) is 0 Å². The fraction of sp³-hybridized carbons (Fsp3) is 0. The van der Waals surface area contributed by atoms with E-state index in [4.69, 9.17) is 5.14 Å². The minimum atomic E-state index is -3.72. The number of imidazole rings is 2. The Bertz CT molecular complexity index is 508. The fourth-order valence-corrected chi connectivity index (χ4v) is 1.58. The van der Waals surface area contributed by atoms with Crippen LogP contribution in [0.3, 0.4) is 0 Å². The summed E-state index contributed by atoms with van der Waals surface area (Å²) in [6.45, 7) is 0. The second-order valence-corrected chi connectivity index (χ2v) is 3.70. The first-order valence-corrected chi connectivity index (χ1v) is 4.63. The molecule has 0 radical (unpaired) electrons. The molecule has 2 N–H and O–H groups in total. The third-order valence-electron chi connectivity index (χ3n) is 1.48. The lowest BCUT2D eigenvalue weighted by Gasteiger charge is -1.95. The minimum absolute atomic E-state index is 0.289. The number of nitrogens with two attached hydrogens (primary N) is 1. The SMILES string of the molecule is NS(=O)(=O)n1ccn2ccnc12. The Morgan fingerprint density at radius 3 is 2.75 bits per heavy atom. The number of nitrogens with zero attached hydrogens (tertiary/aromatic N) is 3. The molecule has 0 aliphatic heterocycles. The maximum Gasteiger partial charge on any atom is 0.305 e. The summed E-state index contributed by atoms with van der Waals surface area (Å²) in [6, 6.07) is 0. The molecule has 2 heterocycles. The Balaban J connectivity index is 2.87. The van der Waals surface area contributed by atoms with Gasteiger partial charge in [-0.1, -0.05) is 0 Å². The minimum Gasteiger partial charge on any atom is -0.290 e. The normalized spacial score (nSPS) is 12.4. The molecule has 0 spiro atoms. The van der Waals surface area contributed by atoms with Gasteiger partial charge in [-0.25, -0.2) is 10.1 Å². The van der Waals surface area contributed by atoms with Crippen molar-refractivity contribution < 1.29 is 8.42 Å². The van der Waals surface area contributed by atoms with Crippen molar-refractivity contribution in [1.82, 2.24) is 13.4 Å². The molecular formula is C5H6N4O2S. The van der Waals surface area contributed by atoms with Gasteiger partial charge in [-0.2, -0.15) is 12.4 Å². The highest BCUT2D eigenvalue weighted by atomic mass is 32.2. The number of fused-ring (bicyclic) bond motifs is 1. The average molecular weight is 186 g/mol. The van der Waals surface area contributed by atoms with Crippen molar-refractivity contribution in [3.8, 4) is 0 Å². The summed E-state index contributed by atoms with van der Waals surface area (Å²) in [7, 11) is -3.72. The molecule has 12 heavy (non-hydrogen) atoms. The standard InChI is InChI=1S/C5H6N4O2S/c6-12(10,11)9-4-3-8-2-1-7-5(8)9/h1-4H,(H2,6,10,11). The number of rotatable bonds is 1. The van der Waals surface area contributed by atoms with Gasteiger partial charge in [-0.15, -0.1) is 0 Å². The maximum atomic E-state index is 10.9. The predicted octanol–water partition coefficient (Wildman–Crippen LogP) is -0.813. The van der Waals surface area contributed by atoms with Gasteiger partial charge in [0.15, 0.2) is 0 Å². The molecule has 0 amide bonds. The van der Waals surface area contributed by atoms with Gasteiger partial charge in [-0.05, 0) is 0 Å². The first kappa shape index (κ1) is 7.32. The van der Waals surface area contributed by atoms with Crippen LogP contribution in [0.25, 0.3) is 5.78 Å². The van der Waals surface area contributed by atoms with Gasteiger partial charge in [0.1, 0.15) is 0 Å². The van der Waals surface area contributed by atoms with Crippen LogP contribution in [0.5, 0.6) is 0 Å². The Morgan fingerprint density at radius 1 is 1.33 bits per heavy atom. The van der Waals surface area contributed by atoms with Gasteiger partial charge in [0.05, 0.1) is 0 Å². The molecule has 0 fully saturated rings. The Morgan fingerprint density at radius 2 is 2.08 bits per heavy atom. The van der Waals surface area contributed by atoms with Crippen LogP contribution in [0.1, 0.15) is 0 Å². The van der Waals surface area contributed by atoms with Gasteiger partial charge in [0.2, 0.25) is 5.78 Å². The van der Waals surface area contributed by atoms with E-state index in [0.29, 0.717) is 0 Å². The highest BCUT2D eigenvalue weighted by Crippen LogP contribution is 2.03. The third-order valence-corrected chi connectivity index (χ3v) is 2.32. The van der Waals surface area contributed by atoms with Crippen LogP contribution < -0.4 is 5.14 Å². The first-order valence-electron chi connectivity index (χ1n) is 3.12. The molecule has 0 saturated carbocycles. The van der Waals surface area contributed by atoms with Gasteiger partial charge in [-0.3, -0.25) is 4.40 Å². The summed E-state index contributed by atoms with van der Waals surface area (Å²) in [5, 5.41) is 4.91. The van der Waals surface area contributed by atoms with Crippen molar-refractivity contribution in [2.24, 2.45) is 5.14 Å². The van der Waals surface area contributed by atoms with E-state index < -0.39 is 10.2 Å². The maximum absolute atomic E-state index is 10.9. The Labute approximate surface area is 68.4 Å². The zero-order valence-electron chi connectivity index (χ0n) is 5.95. The highest BCUT2D eigenvalue weighted by molar-refractivity contribution is 7.87. The average Bonchev–Trinajstić information content (AvgIpc) is 2.37. The number of hydrogen-bond acceptors (Lipinski definition) is 3. The van der Waals surface area contributed by atoms with E-state index in [2.05, 4.69) is 4.98 Å².